The predicted molar refractivity (Wildman–Crippen MR) is 50.4 cm³/mol. The van der Waals surface area contributed by atoms with E-state index in [9.17, 15) is 0 Å². The van der Waals surface area contributed by atoms with Crippen LogP contribution in [0.1, 0.15) is 5.56 Å². The van der Waals surface area contributed by atoms with Gasteiger partial charge in [0.05, 0.1) is 10.6 Å². The van der Waals surface area contributed by atoms with Crippen molar-refractivity contribution in [1.82, 2.24) is 9.55 Å². The Balaban J connectivity index is 2.86. The molecule has 0 amide bonds. The molecule has 0 saturated carbocycles. The molecule has 0 aliphatic heterocycles. The molecule has 2 aromatic rings. The molecule has 0 aliphatic carbocycles. The number of fused-ring (bicyclic) bond motifs is 1. The quantitative estimate of drug-likeness (QED) is 0.640. The summed E-state index contributed by atoms with van der Waals surface area (Å²) in [6.45, 7) is 0. The molecule has 64 valence electrons. The van der Waals surface area contributed by atoms with E-state index in [0.717, 1.165) is 11.0 Å². The number of rotatable bonds is 0. The summed E-state index contributed by atoms with van der Waals surface area (Å²) >= 11 is 5.94. The van der Waals surface area contributed by atoms with E-state index in [1.807, 2.05) is 17.7 Å². The first-order valence-electron chi connectivity index (χ1n) is 3.73. The number of nitriles is 1. The molecule has 0 saturated heterocycles. The van der Waals surface area contributed by atoms with Gasteiger partial charge < -0.3 is 4.57 Å². The third-order valence-corrected chi connectivity index (χ3v) is 2.20. The van der Waals surface area contributed by atoms with E-state index in [1.165, 1.54) is 0 Å². The van der Waals surface area contributed by atoms with Crippen LogP contribution in [0.25, 0.3) is 11.0 Å². The van der Waals surface area contributed by atoms with Crippen molar-refractivity contribution in [2.45, 2.75) is 0 Å². The number of aromatic nitrogens is 2. The van der Waals surface area contributed by atoms with Crippen LogP contribution in [0.5, 0.6) is 0 Å². The average molecular weight is 192 g/mol. The van der Waals surface area contributed by atoms with Crippen LogP contribution in [0.2, 0.25) is 5.02 Å². The molecule has 3 nitrogen and oxygen atoms in total. The topological polar surface area (TPSA) is 41.6 Å². The summed E-state index contributed by atoms with van der Waals surface area (Å²) in [6.07, 6.45) is 3.32. The highest BCUT2D eigenvalue weighted by Crippen LogP contribution is 2.23. The zero-order valence-electron chi connectivity index (χ0n) is 6.95. The zero-order chi connectivity index (χ0) is 9.42. The molecule has 0 spiro atoms. The Bertz CT molecular complexity index is 507. The van der Waals surface area contributed by atoms with Crippen molar-refractivity contribution in [3.8, 4) is 6.07 Å². The van der Waals surface area contributed by atoms with Gasteiger partial charge in [-0.25, -0.2) is 4.98 Å². The summed E-state index contributed by atoms with van der Waals surface area (Å²) in [5, 5.41) is 10.1. The van der Waals surface area contributed by atoms with Crippen LogP contribution in [0.4, 0.5) is 0 Å². The maximum absolute atomic E-state index is 8.65. The molecule has 0 unspecified atom stereocenters. The lowest BCUT2D eigenvalue weighted by Crippen LogP contribution is -1.87. The van der Waals surface area contributed by atoms with Crippen molar-refractivity contribution in [3.05, 3.63) is 29.0 Å². The maximum Gasteiger partial charge on any atom is 0.141 e. The van der Waals surface area contributed by atoms with Gasteiger partial charge in [-0.2, -0.15) is 5.26 Å². The second kappa shape index (κ2) is 2.75. The van der Waals surface area contributed by atoms with Gasteiger partial charge in [0.25, 0.3) is 0 Å². The average Bonchev–Trinajstić information content (AvgIpc) is 2.42. The van der Waals surface area contributed by atoms with Gasteiger partial charge in [0, 0.05) is 24.8 Å². The molecule has 0 aromatic carbocycles. The van der Waals surface area contributed by atoms with Crippen LogP contribution in [0.15, 0.2) is 18.5 Å². The minimum absolute atomic E-state index is 0.528. The standard InChI is InChI=1S/C9H6ClN3/c1-13-5-8(10)7-2-6(3-11)4-12-9(7)13/h2,4-5H,1H3. The molecule has 13 heavy (non-hydrogen) atoms. The first kappa shape index (κ1) is 8.09. The van der Waals surface area contributed by atoms with Crippen LogP contribution >= 0.6 is 11.6 Å². The van der Waals surface area contributed by atoms with E-state index < -0.39 is 0 Å². The van der Waals surface area contributed by atoms with Crippen LogP contribution < -0.4 is 0 Å². The zero-order valence-corrected chi connectivity index (χ0v) is 7.71. The maximum atomic E-state index is 8.65. The van der Waals surface area contributed by atoms with E-state index >= 15 is 0 Å². The highest BCUT2D eigenvalue weighted by atomic mass is 35.5. The summed E-state index contributed by atoms with van der Waals surface area (Å²) in [6, 6.07) is 3.77. The van der Waals surface area contributed by atoms with E-state index in [4.69, 9.17) is 16.9 Å². The summed E-state index contributed by atoms with van der Waals surface area (Å²) in [5.74, 6) is 0. The van der Waals surface area contributed by atoms with Crippen molar-refractivity contribution in [2.75, 3.05) is 0 Å². The number of nitrogens with zero attached hydrogens (tertiary/aromatic N) is 3. The third kappa shape index (κ3) is 1.16. The van der Waals surface area contributed by atoms with Gasteiger partial charge in [-0.15, -0.1) is 0 Å². The number of hydrogen-bond donors (Lipinski definition) is 0. The van der Waals surface area contributed by atoms with Crippen molar-refractivity contribution < 1.29 is 0 Å². The minimum Gasteiger partial charge on any atom is -0.334 e. The molecule has 0 aliphatic rings. The Kier molecular flexibility index (Phi) is 1.71. The lowest BCUT2D eigenvalue weighted by Gasteiger charge is -1.93. The number of pyridine rings is 1. The van der Waals surface area contributed by atoms with Gasteiger partial charge in [0.15, 0.2) is 0 Å². The molecule has 2 heterocycles. The summed E-state index contributed by atoms with van der Waals surface area (Å²) in [7, 11) is 1.87. The van der Waals surface area contributed by atoms with Crippen molar-refractivity contribution in [1.29, 1.82) is 5.26 Å². The SMILES string of the molecule is Cn1cc(Cl)c2cc(C#N)cnc21. The molecule has 2 aromatic heterocycles. The molecule has 2 rings (SSSR count). The van der Waals surface area contributed by atoms with Crippen molar-refractivity contribution in [2.24, 2.45) is 7.05 Å². The molecule has 0 bridgehead atoms. The lowest BCUT2D eigenvalue weighted by atomic mass is 10.2. The fourth-order valence-electron chi connectivity index (χ4n) is 1.28. The van der Waals surface area contributed by atoms with Gasteiger partial charge in [0.1, 0.15) is 11.7 Å². The van der Waals surface area contributed by atoms with Gasteiger partial charge in [-0.05, 0) is 6.07 Å². The second-order valence-corrected chi connectivity index (χ2v) is 3.20. The van der Waals surface area contributed by atoms with E-state index in [0.29, 0.717) is 10.6 Å². The first-order chi connectivity index (χ1) is 6.22. The number of halogens is 1. The predicted octanol–water partition coefficient (Wildman–Crippen LogP) is 2.10. The molecular formula is C9H6ClN3. The van der Waals surface area contributed by atoms with E-state index in [1.54, 1.807) is 18.5 Å². The van der Waals surface area contributed by atoms with E-state index in [2.05, 4.69) is 4.98 Å². The molecule has 0 N–H and O–H groups in total. The van der Waals surface area contributed by atoms with Crippen LogP contribution in [-0.2, 0) is 7.05 Å². The largest absolute Gasteiger partial charge is 0.334 e. The van der Waals surface area contributed by atoms with Crippen LogP contribution in [0, 0.1) is 11.3 Å². The van der Waals surface area contributed by atoms with Gasteiger partial charge in [-0.1, -0.05) is 11.6 Å². The molecular weight excluding hydrogens is 186 g/mol. The fourth-order valence-corrected chi connectivity index (χ4v) is 1.56. The monoisotopic (exact) mass is 191 g/mol. The fraction of sp³-hybridized carbons (Fsp3) is 0.111. The molecule has 0 fully saturated rings. The Morgan fingerprint density at radius 1 is 1.62 bits per heavy atom. The highest BCUT2D eigenvalue weighted by molar-refractivity contribution is 6.35. The van der Waals surface area contributed by atoms with Crippen molar-refractivity contribution >= 4 is 22.6 Å². The summed E-state index contributed by atoms with van der Waals surface area (Å²) < 4.78 is 1.83. The second-order valence-electron chi connectivity index (χ2n) is 2.79. The molecule has 0 atom stereocenters. The minimum atomic E-state index is 0.528. The Labute approximate surface area is 80.2 Å². The normalized spacial score (nSPS) is 10.2. The third-order valence-electron chi connectivity index (χ3n) is 1.89. The summed E-state index contributed by atoms with van der Waals surface area (Å²) in [5.41, 5.74) is 1.32. The Morgan fingerprint density at radius 3 is 3.08 bits per heavy atom. The molecule has 0 radical (unpaired) electrons. The first-order valence-corrected chi connectivity index (χ1v) is 4.11. The van der Waals surface area contributed by atoms with Gasteiger partial charge in [-0.3, -0.25) is 0 Å². The van der Waals surface area contributed by atoms with E-state index in [-0.39, 0.29) is 0 Å². The van der Waals surface area contributed by atoms with Gasteiger partial charge >= 0.3 is 0 Å². The number of aryl methyl sites for hydroxylation is 1. The molecule has 4 heteroatoms. The Hall–Kier alpha value is -1.53. The van der Waals surface area contributed by atoms with Crippen molar-refractivity contribution in [3.63, 3.8) is 0 Å². The number of hydrogen-bond acceptors (Lipinski definition) is 2. The Morgan fingerprint density at radius 2 is 2.38 bits per heavy atom. The smallest absolute Gasteiger partial charge is 0.141 e. The lowest BCUT2D eigenvalue weighted by molar-refractivity contribution is 0.948. The van der Waals surface area contributed by atoms with Crippen LogP contribution in [0.3, 0.4) is 0 Å². The highest BCUT2D eigenvalue weighted by Gasteiger charge is 2.05. The van der Waals surface area contributed by atoms with Gasteiger partial charge in [0.2, 0.25) is 0 Å². The summed E-state index contributed by atoms with van der Waals surface area (Å²) in [4.78, 5) is 4.13. The van der Waals surface area contributed by atoms with Crippen LogP contribution in [-0.4, -0.2) is 9.55 Å².